The third-order valence-electron chi connectivity index (χ3n) is 14.5. The summed E-state index contributed by atoms with van der Waals surface area (Å²) < 4.78 is 2.19. The van der Waals surface area contributed by atoms with Crippen LogP contribution in [-0.2, 0) is 5.41 Å². The minimum Gasteiger partial charge on any atom is -0.226 e. The fourth-order valence-electron chi connectivity index (χ4n) is 11.0. The van der Waals surface area contributed by atoms with E-state index in [2.05, 4.69) is 237 Å². The van der Waals surface area contributed by atoms with Crippen molar-refractivity contribution in [3.8, 4) is 90.2 Å². The van der Waals surface area contributed by atoms with Gasteiger partial charge in [0.25, 0.3) is 0 Å². The van der Waals surface area contributed by atoms with Crippen molar-refractivity contribution in [3.05, 3.63) is 283 Å². The minimum atomic E-state index is -0.684. The summed E-state index contributed by atoms with van der Waals surface area (Å²) in [5.41, 5.74) is 17.0. The second-order valence-corrected chi connectivity index (χ2v) is 19.8. The molecule has 14 rings (SSSR count). The first-order chi connectivity index (χ1) is 36.7. The molecule has 6 heteroatoms. The van der Waals surface area contributed by atoms with Crippen molar-refractivity contribution in [3.63, 3.8) is 0 Å². The van der Waals surface area contributed by atoms with Gasteiger partial charge in [0.15, 0.2) is 23.3 Å². The number of hydrogen-bond acceptors (Lipinski definition) is 6. The van der Waals surface area contributed by atoms with E-state index in [1.807, 2.05) is 24.3 Å². The van der Waals surface area contributed by atoms with Gasteiger partial charge in [0.2, 0.25) is 0 Å². The van der Waals surface area contributed by atoms with E-state index in [1.165, 1.54) is 16.7 Å². The van der Waals surface area contributed by atoms with Gasteiger partial charge in [-0.3, -0.25) is 0 Å². The first-order valence-electron chi connectivity index (χ1n) is 24.9. The Kier molecular flexibility index (Phi) is 10.5. The molecule has 0 fully saturated rings. The molecular weight excluding hydrogens is 919 g/mol. The lowest BCUT2D eigenvalue weighted by atomic mass is 9.67. The van der Waals surface area contributed by atoms with Crippen molar-refractivity contribution in [2.75, 3.05) is 0 Å². The standard InChI is InChI=1S/C68H43N5S/c1-6-20-44(21-7-1)46-34-38-48(39-35-46)61-63-62(54-31-17-19-33-60(54)74-63)70-66(69-61)57-43-59-55(53-30-16-18-32-58(53)68(59,51-26-12-4-13-27-51)52-28-14-5-15-29-52)42-56(57)67-72-64(49-24-10-3-11-25-49)71-65(73-67)50-40-36-47(37-41-50)45-22-8-2-9-23-45/h1-43H. The molecule has 0 unspecified atom stereocenters. The van der Waals surface area contributed by atoms with E-state index < -0.39 is 5.41 Å². The highest BCUT2D eigenvalue weighted by atomic mass is 32.1. The Hall–Kier alpha value is -9.49. The van der Waals surface area contributed by atoms with Gasteiger partial charge in [-0.1, -0.05) is 243 Å². The highest BCUT2D eigenvalue weighted by Gasteiger charge is 2.47. The number of benzene rings is 10. The van der Waals surface area contributed by atoms with E-state index in [-0.39, 0.29) is 0 Å². The number of nitrogens with zero attached hydrogens (tertiary/aromatic N) is 5. The fourth-order valence-corrected chi connectivity index (χ4v) is 12.2. The maximum absolute atomic E-state index is 5.72. The summed E-state index contributed by atoms with van der Waals surface area (Å²) in [5, 5.41) is 1.09. The summed E-state index contributed by atoms with van der Waals surface area (Å²) in [6.45, 7) is 0. The fraction of sp³-hybridized carbons (Fsp3) is 0.0147. The predicted molar refractivity (Wildman–Crippen MR) is 304 cm³/mol. The second kappa shape index (κ2) is 18.0. The van der Waals surface area contributed by atoms with Crippen molar-refractivity contribution >= 4 is 31.6 Å². The molecule has 74 heavy (non-hydrogen) atoms. The van der Waals surface area contributed by atoms with Crippen LogP contribution in [0.15, 0.2) is 261 Å². The predicted octanol–water partition coefficient (Wildman–Crippen LogP) is 17.1. The highest BCUT2D eigenvalue weighted by molar-refractivity contribution is 7.26. The summed E-state index contributed by atoms with van der Waals surface area (Å²) in [7, 11) is 0. The lowest BCUT2D eigenvalue weighted by molar-refractivity contribution is 0.768. The minimum absolute atomic E-state index is 0.529. The van der Waals surface area contributed by atoms with E-state index in [0.717, 1.165) is 92.8 Å². The second-order valence-electron chi connectivity index (χ2n) is 18.7. The molecule has 0 radical (unpaired) electrons. The first kappa shape index (κ1) is 43.3. The van der Waals surface area contributed by atoms with Gasteiger partial charge in [0.05, 0.1) is 21.3 Å². The molecule has 0 spiro atoms. The average molecular weight is 962 g/mol. The van der Waals surface area contributed by atoms with Gasteiger partial charge in [-0.05, 0) is 73.8 Å². The molecule has 5 nitrogen and oxygen atoms in total. The van der Waals surface area contributed by atoms with E-state index in [9.17, 15) is 0 Å². The Bertz CT molecular complexity index is 4160. The Morgan fingerprint density at radius 1 is 0.284 bits per heavy atom. The van der Waals surface area contributed by atoms with Gasteiger partial charge in [0.1, 0.15) is 0 Å². The summed E-state index contributed by atoms with van der Waals surface area (Å²) >= 11 is 1.73. The Balaban J connectivity index is 1.07. The zero-order valence-corrected chi connectivity index (χ0v) is 40.8. The summed E-state index contributed by atoms with van der Waals surface area (Å²) in [4.78, 5) is 27.5. The van der Waals surface area contributed by atoms with E-state index in [1.54, 1.807) is 11.3 Å². The van der Waals surface area contributed by atoms with E-state index >= 15 is 0 Å². The molecule has 3 heterocycles. The van der Waals surface area contributed by atoms with E-state index in [0.29, 0.717) is 23.3 Å². The monoisotopic (exact) mass is 961 g/mol. The van der Waals surface area contributed by atoms with Crippen LogP contribution in [0.25, 0.3) is 110 Å². The lowest BCUT2D eigenvalue weighted by Crippen LogP contribution is -2.28. The van der Waals surface area contributed by atoms with Crippen molar-refractivity contribution in [2.24, 2.45) is 0 Å². The quantitative estimate of drug-likeness (QED) is 0.144. The Morgan fingerprint density at radius 2 is 0.716 bits per heavy atom. The van der Waals surface area contributed by atoms with Crippen LogP contribution in [0.2, 0.25) is 0 Å². The molecule has 1 aliphatic rings. The third-order valence-corrected chi connectivity index (χ3v) is 15.6. The molecule has 0 saturated carbocycles. The third kappa shape index (κ3) is 7.26. The number of aromatic nitrogens is 5. The van der Waals surface area contributed by atoms with Crippen LogP contribution in [0.3, 0.4) is 0 Å². The normalized spacial score (nSPS) is 12.4. The molecule has 0 N–H and O–H groups in total. The summed E-state index contributed by atoms with van der Waals surface area (Å²) in [5.74, 6) is 2.26. The average Bonchev–Trinajstić information content (AvgIpc) is 4.02. The molecule has 0 amide bonds. The van der Waals surface area contributed by atoms with Crippen LogP contribution in [-0.4, -0.2) is 24.9 Å². The van der Waals surface area contributed by atoms with Crippen molar-refractivity contribution in [2.45, 2.75) is 5.41 Å². The Morgan fingerprint density at radius 3 is 1.32 bits per heavy atom. The largest absolute Gasteiger partial charge is 0.226 e. The molecule has 0 aliphatic heterocycles. The maximum atomic E-state index is 5.72. The van der Waals surface area contributed by atoms with Gasteiger partial charge < -0.3 is 0 Å². The zero-order chi connectivity index (χ0) is 49.0. The van der Waals surface area contributed by atoms with Crippen LogP contribution in [0, 0.1) is 0 Å². The van der Waals surface area contributed by atoms with Crippen LogP contribution in [0.1, 0.15) is 22.3 Å². The molecular formula is C68H43N5S. The zero-order valence-electron chi connectivity index (χ0n) is 40.0. The Labute approximate surface area is 432 Å². The van der Waals surface area contributed by atoms with Crippen LogP contribution in [0.4, 0.5) is 0 Å². The number of thiophene rings is 1. The molecule has 3 aromatic heterocycles. The number of rotatable bonds is 9. The van der Waals surface area contributed by atoms with Gasteiger partial charge in [-0.15, -0.1) is 11.3 Å². The van der Waals surface area contributed by atoms with Crippen molar-refractivity contribution in [1.29, 1.82) is 0 Å². The SMILES string of the molecule is c1ccc(-c2ccc(-c3nc(-c4ccccc4)nc(-c4cc5c(cc4-c4nc(-c6ccc(-c7ccccc7)cc6)c6sc7ccccc7c6n4)C(c4ccccc4)(c4ccccc4)c4ccccc4-5)n3)cc2)cc1. The van der Waals surface area contributed by atoms with E-state index in [4.69, 9.17) is 24.9 Å². The van der Waals surface area contributed by atoms with Gasteiger partial charge in [-0.2, -0.15) is 0 Å². The molecule has 13 aromatic rings. The van der Waals surface area contributed by atoms with Gasteiger partial charge in [0, 0.05) is 37.9 Å². The molecule has 1 aliphatic carbocycles. The topological polar surface area (TPSA) is 64.5 Å². The summed E-state index contributed by atoms with van der Waals surface area (Å²) in [6.07, 6.45) is 0. The van der Waals surface area contributed by atoms with Crippen LogP contribution < -0.4 is 0 Å². The number of hydrogen-bond donors (Lipinski definition) is 0. The smallest absolute Gasteiger partial charge is 0.164 e. The number of fused-ring (bicyclic) bond motifs is 6. The highest BCUT2D eigenvalue weighted by Crippen LogP contribution is 2.58. The van der Waals surface area contributed by atoms with Crippen LogP contribution in [0.5, 0.6) is 0 Å². The van der Waals surface area contributed by atoms with Gasteiger partial charge >= 0.3 is 0 Å². The molecule has 0 bridgehead atoms. The molecule has 0 saturated heterocycles. The summed E-state index contributed by atoms with van der Waals surface area (Å²) in [6, 6.07) is 92.3. The molecule has 0 atom stereocenters. The maximum Gasteiger partial charge on any atom is 0.164 e. The first-order valence-corrected chi connectivity index (χ1v) is 25.7. The lowest BCUT2D eigenvalue weighted by Gasteiger charge is -2.34. The van der Waals surface area contributed by atoms with Gasteiger partial charge in [-0.25, -0.2) is 24.9 Å². The molecule has 10 aromatic carbocycles. The van der Waals surface area contributed by atoms with Crippen molar-refractivity contribution < 1.29 is 0 Å². The van der Waals surface area contributed by atoms with Crippen LogP contribution >= 0.6 is 11.3 Å². The van der Waals surface area contributed by atoms with Crippen molar-refractivity contribution in [1.82, 2.24) is 24.9 Å². The molecule has 346 valence electrons.